The van der Waals surface area contributed by atoms with Crippen LogP contribution in [0.4, 0.5) is 5.82 Å². The van der Waals surface area contributed by atoms with Crippen LogP contribution in [0.5, 0.6) is 0 Å². The first kappa shape index (κ1) is 13.5. The number of rotatable bonds is 5. The van der Waals surface area contributed by atoms with Crippen molar-refractivity contribution in [3.8, 4) is 0 Å². The van der Waals surface area contributed by atoms with E-state index >= 15 is 0 Å². The molecule has 0 aromatic carbocycles. The number of anilines is 1. The third-order valence-electron chi connectivity index (χ3n) is 2.68. The van der Waals surface area contributed by atoms with Gasteiger partial charge in [0.2, 0.25) is 10.0 Å². The van der Waals surface area contributed by atoms with E-state index < -0.39 is 10.0 Å². The molecular formula is C11H15N5O2S. The molecule has 19 heavy (non-hydrogen) atoms. The molecule has 0 bridgehead atoms. The molecule has 0 atom stereocenters. The fourth-order valence-corrected chi connectivity index (χ4v) is 2.54. The zero-order valence-corrected chi connectivity index (χ0v) is 11.5. The first-order chi connectivity index (χ1) is 9.03. The number of aromatic nitrogens is 3. The third kappa shape index (κ3) is 3.09. The summed E-state index contributed by atoms with van der Waals surface area (Å²) in [7, 11) is -1.88. The normalized spacial score (nSPS) is 11.5. The number of H-pyrrole nitrogens is 1. The van der Waals surface area contributed by atoms with Crippen molar-refractivity contribution >= 4 is 15.8 Å². The number of nitrogens with zero attached hydrogens (tertiary/aromatic N) is 2. The second kappa shape index (κ2) is 5.37. The minimum Gasteiger partial charge on any atom is -0.373 e. The molecule has 2 aromatic rings. The lowest BCUT2D eigenvalue weighted by Gasteiger charge is -2.07. The van der Waals surface area contributed by atoms with Crippen LogP contribution in [0.25, 0.3) is 0 Å². The number of hydrogen-bond acceptors (Lipinski definition) is 5. The number of hydrogen-bond donors (Lipinski definition) is 3. The average molecular weight is 281 g/mol. The topological polar surface area (TPSA) is 99.8 Å². The Kier molecular flexibility index (Phi) is 3.82. The van der Waals surface area contributed by atoms with Crippen molar-refractivity contribution in [2.24, 2.45) is 0 Å². The molecule has 7 nitrogen and oxygen atoms in total. The van der Waals surface area contributed by atoms with Gasteiger partial charge in [0, 0.05) is 37.1 Å². The molecular weight excluding hydrogens is 266 g/mol. The molecule has 0 fully saturated rings. The van der Waals surface area contributed by atoms with Crippen LogP contribution >= 0.6 is 0 Å². The Morgan fingerprint density at radius 3 is 2.84 bits per heavy atom. The van der Waals surface area contributed by atoms with Gasteiger partial charge in [-0.15, -0.1) is 0 Å². The molecule has 0 aliphatic carbocycles. The number of sulfonamides is 1. The van der Waals surface area contributed by atoms with Crippen LogP contribution < -0.4 is 10.0 Å². The molecule has 0 amide bonds. The summed E-state index contributed by atoms with van der Waals surface area (Å²) in [6, 6.07) is 2.93. The first-order valence-corrected chi connectivity index (χ1v) is 7.13. The van der Waals surface area contributed by atoms with Gasteiger partial charge in [0.15, 0.2) is 0 Å². The molecule has 0 saturated carbocycles. The molecule has 0 spiro atoms. The summed E-state index contributed by atoms with van der Waals surface area (Å²) >= 11 is 0. The minimum atomic E-state index is -3.56. The molecule has 3 N–H and O–H groups in total. The van der Waals surface area contributed by atoms with E-state index in [9.17, 15) is 8.42 Å². The first-order valence-electron chi connectivity index (χ1n) is 5.65. The smallest absolute Gasteiger partial charge is 0.241 e. The van der Waals surface area contributed by atoms with E-state index in [4.69, 9.17) is 0 Å². The second-order valence-corrected chi connectivity index (χ2v) is 5.74. The lowest BCUT2D eigenvalue weighted by Crippen LogP contribution is -2.23. The van der Waals surface area contributed by atoms with E-state index in [1.165, 1.54) is 18.3 Å². The van der Waals surface area contributed by atoms with Gasteiger partial charge in [0.05, 0.1) is 11.1 Å². The van der Waals surface area contributed by atoms with Gasteiger partial charge in [-0.05, 0) is 13.0 Å². The molecule has 2 aromatic heterocycles. The summed E-state index contributed by atoms with van der Waals surface area (Å²) in [6.45, 7) is 2.03. The average Bonchev–Trinajstić information content (AvgIpc) is 2.82. The maximum absolute atomic E-state index is 12.1. The highest BCUT2D eigenvalue weighted by atomic mass is 32.2. The van der Waals surface area contributed by atoms with Crippen LogP contribution in [0, 0.1) is 6.92 Å². The standard InChI is InChI=1S/C11H15N5O2S/c1-8-9(6-14-16-8)7-15-19(17,18)10-3-4-13-11(5-10)12-2/h3-6,15H,7H2,1-2H3,(H,12,13)(H,14,16). The van der Waals surface area contributed by atoms with Gasteiger partial charge in [-0.3, -0.25) is 5.10 Å². The Balaban J connectivity index is 2.16. The van der Waals surface area contributed by atoms with E-state index in [-0.39, 0.29) is 11.4 Å². The van der Waals surface area contributed by atoms with Gasteiger partial charge in [0.25, 0.3) is 0 Å². The summed E-state index contributed by atoms with van der Waals surface area (Å²) in [6.07, 6.45) is 3.05. The highest BCUT2D eigenvalue weighted by Crippen LogP contribution is 2.13. The highest BCUT2D eigenvalue weighted by Gasteiger charge is 2.15. The van der Waals surface area contributed by atoms with Crippen molar-refractivity contribution in [2.75, 3.05) is 12.4 Å². The zero-order valence-electron chi connectivity index (χ0n) is 10.6. The fraction of sp³-hybridized carbons (Fsp3) is 0.273. The van der Waals surface area contributed by atoms with Crippen molar-refractivity contribution < 1.29 is 8.42 Å². The summed E-state index contributed by atoms with van der Waals surface area (Å²) < 4.78 is 26.7. The Hall–Kier alpha value is -1.93. The molecule has 2 heterocycles. The summed E-state index contributed by atoms with van der Waals surface area (Å²) in [5, 5.41) is 9.40. The lowest BCUT2D eigenvalue weighted by molar-refractivity contribution is 0.581. The van der Waals surface area contributed by atoms with Gasteiger partial charge in [-0.2, -0.15) is 5.10 Å². The molecule has 2 rings (SSSR count). The Morgan fingerprint density at radius 1 is 1.42 bits per heavy atom. The predicted octanol–water partition coefficient (Wildman–Crippen LogP) is 0.633. The van der Waals surface area contributed by atoms with Crippen LogP contribution in [-0.2, 0) is 16.6 Å². The third-order valence-corrected chi connectivity index (χ3v) is 4.08. The maximum Gasteiger partial charge on any atom is 0.241 e. The van der Waals surface area contributed by atoms with E-state index in [0.29, 0.717) is 5.82 Å². The molecule has 102 valence electrons. The van der Waals surface area contributed by atoms with Crippen LogP contribution in [0.3, 0.4) is 0 Å². The summed E-state index contributed by atoms with van der Waals surface area (Å²) in [4.78, 5) is 4.15. The SMILES string of the molecule is CNc1cc(S(=O)(=O)NCc2cn[nH]c2C)ccn1. The van der Waals surface area contributed by atoms with Gasteiger partial charge >= 0.3 is 0 Å². The highest BCUT2D eigenvalue weighted by molar-refractivity contribution is 7.89. The van der Waals surface area contributed by atoms with Crippen LogP contribution in [0.2, 0.25) is 0 Å². The molecule has 0 aliphatic heterocycles. The van der Waals surface area contributed by atoms with E-state index in [2.05, 4.69) is 25.2 Å². The van der Waals surface area contributed by atoms with Crippen LogP contribution in [-0.4, -0.2) is 30.6 Å². The lowest BCUT2D eigenvalue weighted by atomic mass is 10.3. The Bertz CT molecular complexity index is 665. The second-order valence-electron chi connectivity index (χ2n) is 3.97. The molecule has 0 saturated heterocycles. The minimum absolute atomic E-state index is 0.174. The van der Waals surface area contributed by atoms with Crippen molar-refractivity contribution in [2.45, 2.75) is 18.4 Å². The van der Waals surface area contributed by atoms with Crippen LogP contribution in [0.15, 0.2) is 29.4 Å². The summed E-state index contributed by atoms with van der Waals surface area (Å²) in [5.41, 5.74) is 1.65. The largest absolute Gasteiger partial charge is 0.373 e. The van der Waals surface area contributed by atoms with Crippen molar-refractivity contribution in [1.29, 1.82) is 0 Å². The number of aromatic amines is 1. The number of pyridine rings is 1. The molecule has 8 heteroatoms. The van der Waals surface area contributed by atoms with Gasteiger partial charge in [-0.1, -0.05) is 0 Å². The quantitative estimate of drug-likeness (QED) is 0.746. The monoisotopic (exact) mass is 281 g/mol. The molecule has 0 aliphatic rings. The maximum atomic E-state index is 12.1. The van der Waals surface area contributed by atoms with Gasteiger partial charge in [0.1, 0.15) is 5.82 Å². The number of nitrogens with one attached hydrogen (secondary N) is 3. The van der Waals surface area contributed by atoms with Crippen molar-refractivity contribution in [3.05, 3.63) is 35.8 Å². The van der Waals surface area contributed by atoms with Crippen molar-refractivity contribution in [1.82, 2.24) is 19.9 Å². The van der Waals surface area contributed by atoms with E-state index in [0.717, 1.165) is 11.3 Å². The Labute approximate surface area is 111 Å². The Morgan fingerprint density at radius 2 is 2.21 bits per heavy atom. The molecule has 0 unspecified atom stereocenters. The molecule has 0 radical (unpaired) electrons. The zero-order chi connectivity index (χ0) is 13.9. The van der Waals surface area contributed by atoms with E-state index in [1.54, 1.807) is 13.2 Å². The van der Waals surface area contributed by atoms with Crippen molar-refractivity contribution in [3.63, 3.8) is 0 Å². The van der Waals surface area contributed by atoms with E-state index in [1.807, 2.05) is 6.92 Å². The fourth-order valence-electron chi connectivity index (χ4n) is 1.52. The van der Waals surface area contributed by atoms with Crippen LogP contribution in [0.1, 0.15) is 11.3 Å². The van der Waals surface area contributed by atoms with Gasteiger partial charge < -0.3 is 5.32 Å². The number of aryl methyl sites for hydroxylation is 1. The van der Waals surface area contributed by atoms with Gasteiger partial charge in [-0.25, -0.2) is 18.1 Å². The predicted molar refractivity (Wildman–Crippen MR) is 71.1 cm³/mol. The summed E-state index contributed by atoms with van der Waals surface area (Å²) in [5.74, 6) is 0.502.